The molecule has 1 atom stereocenters. The van der Waals surface area contributed by atoms with E-state index in [1.807, 2.05) is 11.8 Å². The molecule has 24 heavy (non-hydrogen) atoms. The fourth-order valence-electron chi connectivity index (χ4n) is 3.79. The van der Waals surface area contributed by atoms with Crippen LogP contribution in [0.2, 0.25) is 0 Å². The van der Waals surface area contributed by atoms with Crippen LogP contribution in [0.1, 0.15) is 67.6 Å². The van der Waals surface area contributed by atoms with Crippen molar-refractivity contribution in [2.45, 2.75) is 64.8 Å². The molecule has 1 aliphatic carbocycles. The van der Waals surface area contributed by atoms with Gasteiger partial charge in [0, 0.05) is 25.9 Å². The standard InChI is InChI=1S/C18H27N3O3/c1-3-15-19-12(2)17(24-15)18(23)20-14-9-16(22)21(11-14)10-13-7-5-4-6-8-13/h13-14H,3-11H2,1-2H3,(H,20,23)/t14-/m0/s1. The van der Waals surface area contributed by atoms with Crippen molar-refractivity contribution in [1.82, 2.24) is 15.2 Å². The number of rotatable bonds is 5. The van der Waals surface area contributed by atoms with Gasteiger partial charge in [0.25, 0.3) is 5.91 Å². The lowest BCUT2D eigenvalue weighted by atomic mass is 9.89. The van der Waals surface area contributed by atoms with Gasteiger partial charge in [-0.15, -0.1) is 0 Å². The maximum Gasteiger partial charge on any atom is 0.289 e. The van der Waals surface area contributed by atoms with Gasteiger partial charge in [0.1, 0.15) is 0 Å². The fraction of sp³-hybridized carbons (Fsp3) is 0.722. The minimum atomic E-state index is -0.267. The average Bonchev–Trinajstić information content (AvgIpc) is 3.11. The van der Waals surface area contributed by atoms with Crippen molar-refractivity contribution < 1.29 is 14.0 Å². The predicted octanol–water partition coefficient (Wildman–Crippen LogP) is 2.46. The first-order chi connectivity index (χ1) is 11.6. The summed E-state index contributed by atoms with van der Waals surface area (Å²) in [5.74, 6) is 1.34. The lowest BCUT2D eigenvalue weighted by Crippen LogP contribution is -2.38. The summed E-state index contributed by atoms with van der Waals surface area (Å²) in [5.41, 5.74) is 0.604. The van der Waals surface area contributed by atoms with Crippen molar-refractivity contribution in [3.63, 3.8) is 0 Å². The van der Waals surface area contributed by atoms with E-state index in [1.54, 1.807) is 6.92 Å². The van der Waals surface area contributed by atoms with E-state index in [4.69, 9.17) is 4.42 Å². The molecule has 1 aromatic rings. The molecule has 0 unspecified atom stereocenters. The molecule has 2 aliphatic rings. The smallest absolute Gasteiger partial charge is 0.289 e. The van der Waals surface area contributed by atoms with E-state index < -0.39 is 0 Å². The van der Waals surface area contributed by atoms with Gasteiger partial charge in [0.05, 0.1) is 11.7 Å². The second-order valence-corrected chi connectivity index (χ2v) is 7.05. The van der Waals surface area contributed by atoms with E-state index in [1.165, 1.54) is 32.1 Å². The van der Waals surface area contributed by atoms with Crippen LogP contribution in [0.15, 0.2) is 4.42 Å². The van der Waals surface area contributed by atoms with Gasteiger partial charge in [-0.1, -0.05) is 26.2 Å². The van der Waals surface area contributed by atoms with E-state index in [0.717, 1.165) is 6.54 Å². The number of amides is 2. The van der Waals surface area contributed by atoms with Crippen molar-refractivity contribution in [2.24, 2.45) is 5.92 Å². The topological polar surface area (TPSA) is 75.4 Å². The second kappa shape index (κ2) is 7.36. The first-order valence-electron chi connectivity index (χ1n) is 9.11. The predicted molar refractivity (Wildman–Crippen MR) is 89.6 cm³/mol. The van der Waals surface area contributed by atoms with Gasteiger partial charge in [-0.05, 0) is 25.7 Å². The lowest BCUT2D eigenvalue weighted by molar-refractivity contribution is -0.128. The number of aromatic nitrogens is 1. The molecule has 1 N–H and O–H groups in total. The van der Waals surface area contributed by atoms with Crippen molar-refractivity contribution >= 4 is 11.8 Å². The summed E-state index contributed by atoms with van der Waals surface area (Å²) in [6.45, 7) is 5.15. The van der Waals surface area contributed by atoms with Gasteiger partial charge in [-0.2, -0.15) is 0 Å². The van der Waals surface area contributed by atoms with Crippen molar-refractivity contribution in [3.05, 3.63) is 17.3 Å². The molecule has 2 fully saturated rings. The Balaban J connectivity index is 1.55. The Hall–Kier alpha value is -1.85. The van der Waals surface area contributed by atoms with E-state index in [-0.39, 0.29) is 23.6 Å². The molecule has 1 aliphatic heterocycles. The first kappa shape index (κ1) is 17.0. The van der Waals surface area contributed by atoms with Crippen LogP contribution in [0, 0.1) is 12.8 Å². The second-order valence-electron chi connectivity index (χ2n) is 7.05. The third-order valence-corrected chi connectivity index (χ3v) is 5.10. The van der Waals surface area contributed by atoms with Gasteiger partial charge in [-0.25, -0.2) is 4.98 Å². The minimum Gasteiger partial charge on any atom is -0.435 e. The van der Waals surface area contributed by atoms with E-state index in [2.05, 4.69) is 10.3 Å². The van der Waals surface area contributed by atoms with Gasteiger partial charge in [0.15, 0.2) is 5.89 Å². The number of aryl methyl sites for hydroxylation is 2. The molecular weight excluding hydrogens is 306 g/mol. The van der Waals surface area contributed by atoms with Crippen LogP contribution in [0.4, 0.5) is 0 Å². The van der Waals surface area contributed by atoms with E-state index >= 15 is 0 Å². The summed E-state index contributed by atoms with van der Waals surface area (Å²) >= 11 is 0. The van der Waals surface area contributed by atoms with E-state index in [0.29, 0.717) is 36.9 Å². The highest BCUT2D eigenvalue weighted by atomic mass is 16.4. The monoisotopic (exact) mass is 333 g/mol. The minimum absolute atomic E-state index is 0.136. The molecule has 3 rings (SSSR count). The molecule has 2 amide bonds. The molecule has 1 saturated carbocycles. The third kappa shape index (κ3) is 3.79. The Bertz CT molecular complexity index is 605. The SMILES string of the molecule is CCc1nc(C)c(C(=O)N[C@H]2CC(=O)N(CC3CCCCC3)C2)o1. The normalized spacial score (nSPS) is 22.2. The molecule has 0 aromatic carbocycles. The summed E-state index contributed by atoms with van der Waals surface area (Å²) in [4.78, 5) is 30.8. The molecule has 1 saturated heterocycles. The zero-order valence-electron chi connectivity index (χ0n) is 14.6. The van der Waals surface area contributed by atoms with Crippen LogP contribution < -0.4 is 5.32 Å². The highest BCUT2D eigenvalue weighted by molar-refractivity contribution is 5.93. The maximum atomic E-state index is 12.4. The summed E-state index contributed by atoms with van der Waals surface area (Å²) in [6.07, 6.45) is 7.35. The molecule has 0 radical (unpaired) electrons. The summed E-state index contributed by atoms with van der Waals surface area (Å²) in [5, 5.41) is 2.94. The molecular formula is C18H27N3O3. The molecule has 6 heteroatoms. The number of hydrogen-bond donors (Lipinski definition) is 1. The summed E-state index contributed by atoms with van der Waals surface area (Å²) in [6, 6.07) is -0.136. The number of nitrogens with zero attached hydrogens (tertiary/aromatic N) is 2. The van der Waals surface area contributed by atoms with Crippen LogP contribution in [-0.2, 0) is 11.2 Å². The largest absolute Gasteiger partial charge is 0.435 e. The Morgan fingerprint density at radius 3 is 2.75 bits per heavy atom. The van der Waals surface area contributed by atoms with Crippen LogP contribution in [0.3, 0.4) is 0 Å². The number of carbonyl (C=O) groups is 2. The van der Waals surface area contributed by atoms with Crippen LogP contribution in [0.5, 0.6) is 0 Å². The van der Waals surface area contributed by atoms with Crippen molar-refractivity contribution in [3.8, 4) is 0 Å². The highest BCUT2D eigenvalue weighted by Gasteiger charge is 2.33. The van der Waals surface area contributed by atoms with Gasteiger partial charge in [-0.3, -0.25) is 9.59 Å². The summed E-state index contributed by atoms with van der Waals surface area (Å²) in [7, 11) is 0. The van der Waals surface area contributed by atoms with Crippen LogP contribution in [0.25, 0.3) is 0 Å². The quantitative estimate of drug-likeness (QED) is 0.898. The lowest BCUT2D eigenvalue weighted by Gasteiger charge is -2.27. The molecule has 132 valence electrons. The highest BCUT2D eigenvalue weighted by Crippen LogP contribution is 2.26. The molecule has 1 aromatic heterocycles. The number of likely N-dealkylation sites (tertiary alicyclic amines) is 1. The molecule has 2 heterocycles. The Labute approximate surface area is 143 Å². The molecule has 0 bridgehead atoms. The Kier molecular flexibility index (Phi) is 5.21. The fourth-order valence-corrected chi connectivity index (χ4v) is 3.79. The summed E-state index contributed by atoms with van der Waals surface area (Å²) < 4.78 is 5.49. The molecule has 0 spiro atoms. The number of hydrogen-bond acceptors (Lipinski definition) is 4. The Morgan fingerprint density at radius 2 is 2.08 bits per heavy atom. The average molecular weight is 333 g/mol. The number of nitrogens with one attached hydrogen (secondary N) is 1. The van der Waals surface area contributed by atoms with Gasteiger partial charge < -0.3 is 14.6 Å². The van der Waals surface area contributed by atoms with Crippen molar-refractivity contribution in [1.29, 1.82) is 0 Å². The molecule has 6 nitrogen and oxygen atoms in total. The number of oxazole rings is 1. The first-order valence-corrected chi connectivity index (χ1v) is 9.11. The van der Waals surface area contributed by atoms with E-state index in [9.17, 15) is 9.59 Å². The van der Waals surface area contributed by atoms with Crippen LogP contribution in [-0.4, -0.2) is 40.8 Å². The zero-order valence-corrected chi connectivity index (χ0v) is 14.6. The Morgan fingerprint density at radius 1 is 1.33 bits per heavy atom. The van der Waals surface area contributed by atoms with Crippen LogP contribution >= 0.6 is 0 Å². The maximum absolute atomic E-state index is 12.4. The zero-order chi connectivity index (χ0) is 17.1. The van der Waals surface area contributed by atoms with Crippen molar-refractivity contribution in [2.75, 3.05) is 13.1 Å². The van der Waals surface area contributed by atoms with Gasteiger partial charge >= 0.3 is 0 Å². The van der Waals surface area contributed by atoms with Gasteiger partial charge in [0.2, 0.25) is 11.7 Å². The number of carbonyl (C=O) groups excluding carboxylic acids is 2. The third-order valence-electron chi connectivity index (χ3n) is 5.10.